The fourth-order valence-corrected chi connectivity index (χ4v) is 2.06. The maximum absolute atomic E-state index is 13.2. The number of benzene rings is 1. The van der Waals surface area contributed by atoms with Crippen LogP contribution in [-0.4, -0.2) is 6.04 Å². The van der Waals surface area contributed by atoms with Crippen LogP contribution in [0.25, 0.3) is 0 Å². The number of hydrogen-bond acceptors (Lipinski definition) is 1. The Bertz CT molecular complexity index is 332. The molecule has 1 aliphatic rings. The zero-order valence-corrected chi connectivity index (χ0v) is 8.60. The topological polar surface area (TPSA) is 12.0 Å². The van der Waals surface area contributed by atoms with E-state index in [0.717, 1.165) is 18.9 Å². The summed E-state index contributed by atoms with van der Waals surface area (Å²) in [6.07, 6.45) is 4.78. The van der Waals surface area contributed by atoms with Gasteiger partial charge in [-0.25, -0.2) is 8.78 Å². The number of halogens is 2. The molecule has 82 valence electrons. The van der Waals surface area contributed by atoms with Crippen molar-refractivity contribution in [2.45, 2.75) is 38.3 Å². The van der Waals surface area contributed by atoms with Crippen molar-refractivity contribution in [3.8, 4) is 0 Å². The van der Waals surface area contributed by atoms with Crippen molar-refractivity contribution in [1.82, 2.24) is 5.32 Å². The molecular formula is C12H15F2N. The van der Waals surface area contributed by atoms with Gasteiger partial charge < -0.3 is 5.32 Å². The number of hydrogen-bond donors (Lipinski definition) is 1. The smallest absolute Gasteiger partial charge is 0.127 e. The summed E-state index contributed by atoms with van der Waals surface area (Å²) in [7, 11) is 0. The van der Waals surface area contributed by atoms with E-state index in [-0.39, 0.29) is 11.6 Å². The third-order valence-electron chi connectivity index (χ3n) is 2.94. The summed E-state index contributed by atoms with van der Waals surface area (Å²) in [5, 5.41) is 3.26. The molecule has 3 heteroatoms. The van der Waals surface area contributed by atoms with Gasteiger partial charge in [0.25, 0.3) is 0 Å². The lowest BCUT2D eigenvalue weighted by atomic mass is 10.2. The van der Waals surface area contributed by atoms with Gasteiger partial charge in [0.2, 0.25) is 0 Å². The minimum Gasteiger partial charge on any atom is -0.310 e. The van der Waals surface area contributed by atoms with Crippen LogP contribution in [0.15, 0.2) is 18.2 Å². The summed E-state index contributed by atoms with van der Waals surface area (Å²) < 4.78 is 26.1. The number of nitrogens with one attached hydrogen (secondary N) is 1. The van der Waals surface area contributed by atoms with Crippen molar-refractivity contribution < 1.29 is 8.78 Å². The van der Waals surface area contributed by atoms with E-state index in [1.54, 1.807) is 0 Å². The van der Waals surface area contributed by atoms with E-state index in [1.165, 1.54) is 25.0 Å². The SMILES string of the molecule is Fc1ccc(F)c(CNC2CCCC2)c1. The molecular weight excluding hydrogens is 196 g/mol. The van der Waals surface area contributed by atoms with E-state index < -0.39 is 0 Å². The molecule has 1 nitrogen and oxygen atoms in total. The van der Waals surface area contributed by atoms with Crippen LogP contribution in [0.3, 0.4) is 0 Å². The largest absolute Gasteiger partial charge is 0.310 e. The molecule has 0 bridgehead atoms. The summed E-state index contributed by atoms with van der Waals surface area (Å²) >= 11 is 0. The summed E-state index contributed by atoms with van der Waals surface area (Å²) in [5.41, 5.74) is 0.418. The molecule has 1 aromatic carbocycles. The monoisotopic (exact) mass is 211 g/mol. The molecule has 1 aromatic rings. The van der Waals surface area contributed by atoms with E-state index in [1.807, 2.05) is 0 Å². The van der Waals surface area contributed by atoms with Crippen molar-refractivity contribution in [3.63, 3.8) is 0 Å². The molecule has 1 aliphatic carbocycles. The fraction of sp³-hybridized carbons (Fsp3) is 0.500. The van der Waals surface area contributed by atoms with Crippen molar-refractivity contribution in [3.05, 3.63) is 35.4 Å². The van der Waals surface area contributed by atoms with E-state index in [0.29, 0.717) is 18.2 Å². The van der Waals surface area contributed by atoms with Gasteiger partial charge in [-0.3, -0.25) is 0 Å². The van der Waals surface area contributed by atoms with Gasteiger partial charge in [-0.05, 0) is 31.0 Å². The predicted octanol–water partition coefficient (Wildman–Crippen LogP) is 3.00. The second-order valence-electron chi connectivity index (χ2n) is 4.10. The molecule has 1 saturated carbocycles. The second-order valence-corrected chi connectivity index (χ2v) is 4.10. The Morgan fingerprint density at radius 3 is 2.67 bits per heavy atom. The molecule has 0 radical (unpaired) electrons. The third-order valence-corrected chi connectivity index (χ3v) is 2.94. The minimum atomic E-state index is -0.375. The molecule has 0 atom stereocenters. The van der Waals surface area contributed by atoms with Crippen LogP contribution >= 0.6 is 0 Å². The lowest BCUT2D eigenvalue weighted by Gasteiger charge is -2.12. The van der Waals surface area contributed by atoms with Crippen LogP contribution in [0, 0.1) is 11.6 Å². The Labute approximate surface area is 88.5 Å². The molecule has 0 amide bonds. The van der Waals surface area contributed by atoms with E-state index in [9.17, 15) is 8.78 Å². The molecule has 0 aromatic heterocycles. The van der Waals surface area contributed by atoms with Crippen molar-refractivity contribution in [2.24, 2.45) is 0 Å². The van der Waals surface area contributed by atoms with Gasteiger partial charge in [-0.15, -0.1) is 0 Å². The Hall–Kier alpha value is -0.960. The molecule has 2 rings (SSSR count). The average molecular weight is 211 g/mol. The van der Waals surface area contributed by atoms with E-state index in [2.05, 4.69) is 5.32 Å². The maximum atomic E-state index is 13.2. The lowest BCUT2D eigenvalue weighted by molar-refractivity contribution is 0.504. The molecule has 15 heavy (non-hydrogen) atoms. The van der Waals surface area contributed by atoms with Crippen molar-refractivity contribution in [1.29, 1.82) is 0 Å². The maximum Gasteiger partial charge on any atom is 0.127 e. The highest BCUT2D eigenvalue weighted by Gasteiger charge is 2.14. The van der Waals surface area contributed by atoms with E-state index >= 15 is 0 Å². The first-order valence-corrected chi connectivity index (χ1v) is 5.43. The normalized spacial score (nSPS) is 17.2. The zero-order chi connectivity index (χ0) is 10.7. The molecule has 0 spiro atoms. The first-order valence-electron chi connectivity index (χ1n) is 5.43. The van der Waals surface area contributed by atoms with Gasteiger partial charge in [0, 0.05) is 18.2 Å². The first-order chi connectivity index (χ1) is 7.25. The highest BCUT2D eigenvalue weighted by molar-refractivity contribution is 5.18. The van der Waals surface area contributed by atoms with Gasteiger partial charge in [0.15, 0.2) is 0 Å². The fourth-order valence-electron chi connectivity index (χ4n) is 2.06. The highest BCUT2D eigenvalue weighted by atomic mass is 19.1. The average Bonchev–Trinajstić information content (AvgIpc) is 2.72. The van der Waals surface area contributed by atoms with Gasteiger partial charge in [0.1, 0.15) is 11.6 Å². The summed E-state index contributed by atoms with van der Waals surface area (Å²) in [6, 6.07) is 4.07. The Morgan fingerprint density at radius 1 is 1.20 bits per heavy atom. The second kappa shape index (κ2) is 4.71. The first kappa shape index (κ1) is 10.6. The Morgan fingerprint density at radius 2 is 1.93 bits per heavy atom. The zero-order valence-electron chi connectivity index (χ0n) is 8.60. The van der Waals surface area contributed by atoms with Crippen molar-refractivity contribution >= 4 is 0 Å². The van der Waals surface area contributed by atoms with Gasteiger partial charge in [-0.1, -0.05) is 12.8 Å². The minimum absolute atomic E-state index is 0.332. The number of rotatable bonds is 3. The van der Waals surface area contributed by atoms with Gasteiger partial charge in [-0.2, -0.15) is 0 Å². The van der Waals surface area contributed by atoms with Gasteiger partial charge >= 0.3 is 0 Å². The van der Waals surface area contributed by atoms with Crippen LogP contribution in [-0.2, 0) is 6.54 Å². The third kappa shape index (κ3) is 2.75. The van der Waals surface area contributed by atoms with Crippen LogP contribution in [0.2, 0.25) is 0 Å². The van der Waals surface area contributed by atoms with Crippen LogP contribution in [0.4, 0.5) is 8.78 Å². The molecule has 0 saturated heterocycles. The highest BCUT2D eigenvalue weighted by Crippen LogP contribution is 2.18. The molecule has 1 fully saturated rings. The molecule has 0 unspecified atom stereocenters. The van der Waals surface area contributed by atoms with E-state index in [4.69, 9.17) is 0 Å². The molecule has 0 aliphatic heterocycles. The molecule has 0 heterocycles. The summed E-state index contributed by atoms with van der Waals surface area (Å²) in [4.78, 5) is 0. The molecule has 1 N–H and O–H groups in total. The lowest BCUT2D eigenvalue weighted by Crippen LogP contribution is -2.25. The van der Waals surface area contributed by atoms with Crippen molar-refractivity contribution in [2.75, 3.05) is 0 Å². The van der Waals surface area contributed by atoms with Crippen LogP contribution in [0.1, 0.15) is 31.2 Å². The summed E-state index contributed by atoms with van der Waals surface area (Å²) in [5.74, 6) is -0.707. The Kier molecular flexibility index (Phi) is 3.31. The van der Waals surface area contributed by atoms with Gasteiger partial charge in [0.05, 0.1) is 0 Å². The standard InChI is InChI=1S/C12H15F2N/c13-10-5-6-12(14)9(7-10)8-15-11-3-1-2-4-11/h5-7,11,15H,1-4,8H2. The van der Waals surface area contributed by atoms with Crippen LogP contribution < -0.4 is 5.32 Å². The quantitative estimate of drug-likeness (QED) is 0.810. The summed E-state index contributed by atoms with van der Waals surface area (Å²) in [6.45, 7) is 0.425. The Balaban J connectivity index is 1.94. The van der Waals surface area contributed by atoms with Crippen LogP contribution in [0.5, 0.6) is 0 Å². The predicted molar refractivity (Wildman–Crippen MR) is 55.5 cm³/mol.